The first kappa shape index (κ1) is 22.1. The molecule has 1 heterocycles. The van der Waals surface area contributed by atoms with Gasteiger partial charge in [-0.2, -0.15) is 0 Å². The highest BCUT2D eigenvalue weighted by Gasteiger charge is 2.39. The lowest BCUT2D eigenvalue weighted by Crippen LogP contribution is -3.06. The van der Waals surface area contributed by atoms with Crippen molar-refractivity contribution in [3.8, 4) is 0 Å². The van der Waals surface area contributed by atoms with E-state index in [2.05, 4.69) is 25.5 Å². The van der Waals surface area contributed by atoms with Gasteiger partial charge >= 0.3 is 0 Å². The van der Waals surface area contributed by atoms with Gasteiger partial charge in [-0.05, 0) is 49.2 Å². The number of nitrogens with one attached hydrogen (secondary N) is 2. The Bertz CT molecular complexity index is 923. The molecule has 1 atom stereocenters. The van der Waals surface area contributed by atoms with E-state index in [4.69, 9.17) is 4.99 Å². The first-order valence-corrected chi connectivity index (χ1v) is 11.0. The minimum absolute atomic E-state index is 0.0485. The fourth-order valence-corrected chi connectivity index (χ4v) is 4.48. The van der Waals surface area contributed by atoms with Crippen LogP contribution in [0.3, 0.4) is 0 Å². The number of para-hydroxylation sites is 1. The fraction of sp³-hybridized carbons (Fsp3) is 0.348. The number of amidine groups is 1. The van der Waals surface area contributed by atoms with Crippen LogP contribution < -0.4 is 10.2 Å². The molecule has 0 radical (unpaired) electrons. The van der Waals surface area contributed by atoms with Crippen LogP contribution in [0.5, 0.6) is 0 Å². The lowest BCUT2D eigenvalue weighted by molar-refractivity contribution is -0.857. The molecule has 0 saturated carbocycles. The van der Waals surface area contributed by atoms with Gasteiger partial charge in [-0.3, -0.25) is 14.5 Å². The molecule has 3 rings (SSSR count). The maximum Gasteiger partial charge on any atom is 0.242 e. The van der Waals surface area contributed by atoms with Gasteiger partial charge in [0.15, 0.2) is 5.17 Å². The molecule has 158 valence electrons. The molecule has 2 N–H and O–H groups in total. The van der Waals surface area contributed by atoms with Gasteiger partial charge in [-0.15, -0.1) is 0 Å². The second-order valence-electron chi connectivity index (χ2n) is 7.91. The Kier molecular flexibility index (Phi) is 7.29. The Labute approximate surface area is 182 Å². The minimum atomic E-state index is -0.462. The van der Waals surface area contributed by atoms with E-state index in [0.29, 0.717) is 11.7 Å². The number of aryl methyl sites for hydroxylation is 2. The summed E-state index contributed by atoms with van der Waals surface area (Å²) in [6.45, 7) is 5.46. The van der Waals surface area contributed by atoms with Crippen molar-refractivity contribution in [2.75, 3.05) is 32.5 Å². The zero-order valence-electron chi connectivity index (χ0n) is 17.9. The zero-order chi connectivity index (χ0) is 21.7. The highest BCUT2D eigenvalue weighted by Crippen LogP contribution is 2.32. The molecule has 30 heavy (non-hydrogen) atoms. The van der Waals surface area contributed by atoms with Crippen LogP contribution in [0.15, 0.2) is 53.5 Å². The Balaban J connectivity index is 1.78. The molecule has 2 aromatic carbocycles. The van der Waals surface area contributed by atoms with Crippen molar-refractivity contribution in [1.29, 1.82) is 0 Å². The van der Waals surface area contributed by atoms with Crippen LogP contribution in [0, 0.1) is 13.8 Å². The molecule has 0 bridgehead atoms. The van der Waals surface area contributed by atoms with Crippen LogP contribution in [0.1, 0.15) is 17.5 Å². The second-order valence-corrected chi connectivity index (χ2v) is 9.08. The summed E-state index contributed by atoms with van der Waals surface area (Å²) in [6.07, 6.45) is 0.121. The largest absolute Gasteiger partial charge is 0.338 e. The lowest BCUT2D eigenvalue weighted by atomic mass is 10.1. The Morgan fingerprint density at radius 1 is 1.13 bits per heavy atom. The third-order valence-corrected chi connectivity index (χ3v) is 5.89. The van der Waals surface area contributed by atoms with Crippen molar-refractivity contribution in [3.63, 3.8) is 0 Å². The van der Waals surface area contributed by atoms with Crippen LogP contribution in [-0.4, -0.2) is 54.3 Å². The number of quaternary nitrogens is 1. The molecule has 0 spiro atoms. The Morgan fingerprint density at radius 3 is 2.43 bits per heavy atom. The summed E-state index contributed by atoms with van der Waals surface area (Å²) in [5.74, 6) is -0.217. The SMILES string of the molecule is Cc1cc(C)cc(N=C2S[C@@H](CC(=O)Nc3ccccc3)C(=O)N2CC[NH+](C)C)c1. The van der Waals surface area contributed by atoms with Crippen molar-refractivity contribution in [2.24, 2.45) is 4.99 Å². The number of hydrogen-bond donors (Lipinski definition) is 2. The molecule has 2 amide bonds. The normalized spacial score (nSPS) is 17.8. The molecular weight excluding hydrogens is 396 g/mol. The zero-order valence-corrected chi connectivity index (χ0v) is 18.8. The number of benzene rings is 2. The fourth-order valence-electron chi connectivity index (χ4n) is 3.29. The van der Waals surface area contributed by atoms with E-state index in [0.717, 1.165) is 29.0 Å². The maximum atomic E-state index is 13.1. The van der Waals surface area contributed by atoms with Crippen LogP contribution in [0.4, 0.5) is 11.4 Å². The third-order valence-electron chi connectivity index (χ3n) is 4.71. The highest BCUT2D eigenvalue weighted by atomic mass is 32.2. The average Bonchev–Trinajstić information content (AvgIpc) is 2.94. The number of aliphatic imine (C=N–C) groups is 1. The van der Waals surface area contributed by atoms with Gasteiger partial charge in [0.2, 0.25) is 11.8 Å². The second kappa shape index (κ2) is 9.91. The van der Waals surface area contributed by atoms with Crippen molar-refractivity contribution in [3.05, 3.63) is 59.7 Å². The molecule has 6 nitrogen and oxygen atoms in total. The molecule has 0 unspecified atom stereocenters. The van der Waals surface area contributed by atoms with Crippen molar-refractivity contribution < 1.29 is 14.5 Å². The van der Waals surface area contributed by atoms with E-state index < -0.39 is 5.25 Å². The summed E-state index contributed by atoms with van der Waals surface area (Å²) in [6, 6.07) is 15.4. The lowest BCUT2D eigenvalue weighted by Gasteiger charge is -2.17. The summed E-state index contributed by atoms with van der Waals surface area (Å²) in [5, 5.41) is 3.07. The number of anilines is 1. The van der Waals surface area contributed by atoms with Gasteiger partial charge in [0.25, 0.3) is 0 Å². The number of rotatable bonds is 7. The van der Waals surface area contributed by atoms with Crippen LogP contribution >= 0.6 is 11.8 Å². The summed E-state index contributed by atoms with van der Waals surface area (Å²) >= 11 is 1.38. The maximum absolute atomic E-state index is 13.1. The minimum Gasteiger partial charge on any atom is -0.338 e. The van der Waals surface area contributed by atoms with E-state index >= 15 is 0 Å². The molecule has 0 aliphatic carbocycles. The predicted octanol–water partition coefficient (Wildman–Crippen LogP) is 2.41. The number of nitrogens with zero attached hydrogens (tertiary/aromatic N) is 2. The summed E-state index contributed by atoms with van der Waals surface area (Å²) in [7, 11) is 4.11. The monoisotopic (exact) mass is 425 g/mol. The van der Waals surface area contributed by atoms with E-state index in [1.54, 1.807) is 4.90 Å². The number of likely N-dealkylation sites (N-methyl/N-ethyl adjacent to an activating group) is 1. The summed E-state index contributed by atoms with van der Waals surface area (Å²) in [4.78, 5) is 33.3. The molecule has 0 aromatic heterocycles. The van der Waals surface area contributed by atoms with E-state index in [-0.39, 0.29) is 18.2 Å². The first-order chi connectivity index (χ1) is 14.3. The summed E-state index contributed by atoms with van der Waals surface area (Å²) < 4.78 is 0. The predicted molar refractivity (Wildman–Crippen MR) is 123 cm³/mol. The molecular formula is C23H29N4O2S+. The Morgan fingerprint density at radius 2 is 1.80 bits per heavy atom. The molecule has 1 aliphatic rings. The molecule has 2 aromatic rings. The van der Waals surface area contributed by atoms with Crippen molar-refractivity contribution in [1.82, 2.24) is 4.90 Å². The standard InChI is InChI=1S/C23H28N4O2S/c1-16-12-17(2)14-19(13-16)25-23-27(11-10-26(3)4)22(29)20(30-23)15-21(28)24-18-8-6-5-7-9-18/h5-9,12-14,20H,10-11,15H2,1-4H3,(H,24,28)/p+1/t20-/m0/s1. The quantitative estimate of drug-likeness (QED) is 0.716. The molecule has 1 fully saturated rings. The molecule has 1 aliphatic heterocycles. The highest BCUT2D eigenvalue weighted by molar-refractivity contribution is 8.15. The smallest absolute Gasteiger partial charge is 0.242 e. The Hall–Kier alpha value is -2.64. The van der Waals surface area contributed by atoms with Gasteiger partial charge in [0.1, 0.15) is 5.25 Å². The van der Waals surface area contributed by atoms with Gasteiger partial charge in [-0.1, -0.05) is 36.0 Å². The van der Waals surface area contributed by atoms with E-state index in [1.807, 2.05) is 56.3 Å². The van der Waals surface area contributed by atoms with E-state index in [1.165, 1.54) is 16.7 Å². The van der Waals surface area contributed by atoms with Crippen molar-refractivity contribution in [2.45, 2.75) is 25.5 Å². The number of carbonyl (C=O) groups excluding carboxylic acids is 2. The first-order valence-electron chi connectivity index (χ1n) is 10.1. The van der Waals surface area contributed by atoms with Gasteiger partial charge in [-0.25, -0.2) is 4.99 Å². The number of carbonyl (C=O) groups is 2. The topological polar surface area (TPSA) is 66.2 Å². The van der Waals surface area contributed by atoms with E-state index in [9.17, 15) is 9.59 Å². The van der Waals surface area contributed by atoms with Gasteiger partial charge < -0.3 is 10.2 Å². The molecule has 7 heteroatoms. The summed E-state index contributed by atoms with van der Waals surface area (Å²) in [5.41, 5.74) is 3.83. The number of amides is 2. The van der Waals surface area contributed by atoms with Crippen LogP contribution in [0.2, 0.25) is 0 Å². The van der Waals surface area contributed by atoms with Crippen LogP contribution in [-0.2, 0) is 9.59 Å². The number of hydrogen-bond acceptors (Lipinski definition) is 4. The number of thioether (sulfide) groups is 1. The third kappa shape index (κ3) is 5.93. The molecule has 1 saturated heterocycles. The van der Waals surface area contributed by atoms with Crippen LogP contribution in [0.25, 0.3) is 0 Å². The average molecular weight is 426 g/mol. The van der Waals surface area contributed by atoms with Crippen molar-refractivity contribution >= 4 is 40.1 Å². The van der Waals surface area contributed by atoms with Gasteiger partial charge in [0.05, 0.1) is 32.9 Å². The van der Waals surface area contributed by atoms with Gasteiger partial charge in [0, 0.05) is 12.1 Å².